The van der Waals surface area contributed by atoms with E-state index in [1.165, 1.54) is 6.20 Å². The smallest absolute Gasteiger partial charge is 0.154 e. The van der Waals surface area contributed by atoms with E-state index < -0.39 is 0 Å². The van der Waals surface area contributed by atoms with Crippen LogP contribution in [-0.4, -0.2) is 21.5 Å². The number of aromatic nitrogens is 1. The van der Waals surface area contributed by atoms with Gasteiger partial charge in [-0.2, -0.15) is 0 Å². The number of aldehydes is 1. The molecule has 1 aromatic rings. The fourth-order valence-corrected chi connectivity index (χ4v) is 1.73. The Bertz CT molecular complexity index is 449. The lowest BCUT2D eigenvalue weighted by atomic mass is 10.1. The second-order valence-electron chi connectivity index (χ2n) is 4.03. The van der Waals surface area contributed by atoms with E-state index in [1.54, 1.807) is 0 Å². The molecule has 0 fully saturated rings. The summed E-state index contributed by atoms with van der Waals surface area (Å²) in [7, 11) is 0. The number of aliphatic hydroxyl groups excluding tert-OH is 1. The van der Waals surface area contributed by atoms with Crippen LogP contribution in [0.1, 0.15) is 47.3 Å². The Balaban J connectivity index is 2.67. The molecule has 0 spiro atoms. The van der Waals surface area contributed by atoms with Crippen molar-refractivity contribution in [1.82, 2.24) is 4.98 Å². The average molecular weight is 247 g/mol. The van der Waals surface area contributed by atoms with Gasteiger partial charge in [0.1, 0.15) is 5.75 Å². The molecule has 96 valence electrons. The number of aromatic hydroxyl groups is 1. The number of aliphatic hydroxyl groups is 1. The lowest BCUT2D eigenvalue weighted by Crippen LogP contribution is -2.00. The minimum atomic E-state index is -0.308. The highest BCUT2D eigenvalue weighted by atomic mass is 16.3. The van der Waals surface area contributed by atoms with Crippen LogP contribution in [0.2, 0.25) is 0 Å². The Morgan fingerprint density at radius 2 is 2.17 bits per heavy atom. The molecule has 0 amide bonds. The molecule has 0 bridgehead atoms. The van der Waals surface area contributed by atoms with Gasteiger partial charge >= 0.3 is 0 Å². The number of carbonyl (C=O) groups is 1. The highest BCUT2D eigenvalue weighted by molar-refractivity contribution is 5.81. The van der Waals surface area contributed by atoms with E-state index in [0.29, 0.717) is 24.0 Å². The summed E-state index contributed by atoms with van der Waals surface area (Å²) in [5.74, 6) is 2.45. The molecule has 0 radical (unpaired) electrons. The van der Waals surface area contributed by atoms with Gasteiger partial charge in [0, 0.05) is 18.2 Å². The van der Waals surface area contributed by atoms with E-state index in [2.05, 4.69) is 10.9 Å². The van der Waals surface area contributed by atoms with Crippen LogP contribution in [0, 0.1) is 12.3 Å². The number of pyridine rings is 1. The third-order valence-electron chi connectivity index (χ3n) is 2.77. The highest BCUT2D eigenvalue weighted by Crippen LogP contribution is 2.24. The van der Waals surface area contributed by atoms with Crippen molar-refractivity contribution in [3.8, 4) is 18.1 Å². The van der Waals surface area contributed by atoms with Crippen molar-refractivity contribution < 1.29 is 15.0 Å². The number of rotatable bonds is 7. The van der Waals surface area contributed by atoms with Crippen LogP contribution in [0.25, 0.3) is 0 Å². The van der Waals surface area contributed by atoms with Gasteiger partial charge in [0.15, 0.2) is 6.29 Å². The van der Waals surface area contributed by atoms with E-state index in [1.807, 2.05) is 0 Å². The third-order valence-corrected chi connectivity index (χ3v) is 2.77. The normalized spacial score (nSPS) is 10.0. The molecule has 0 saturated carbocycles. The van der Waals surface area contributed by atoms with Crippen LogP contribution in [0.3, 0.4) is 0 Å². The number of hydrogen-bond donors (Lipinski definition) is 2. The van der Waals surface area contributed by atoms with Crippen molar-refractivity contribution in [3.05, 3.63) is 23.0 Å². The number of aryl methyl sites for hydroxylation is 1. The number of unbranched alkanes of at least 4 members (excludes halogenated alkanes) is 3. The minimum absolute atomic E-state index is 0.117. The van der Waals surface area contributed by atoms with E-state index in [9.17, 15) is 9.90 Å². The molecular formula is C14H17NO3. The summed E-state index contributed by atoms with van der Waals surface area (Å²) >= 11 is 0. The molecule has 2 N–H and O–H groups in total. The van der Waals surface area contributed by atoms with Gasteiger partial charge in [0.2, 0.25) is 0 Å². The van der Waals surface area contributed by atoms with Crippen molar-refractivity contribution in [1.29, 1.82) is 0 Å². The molecule has 4 heteroatoms. The Labute approximate surface area is 107 Å². The largest absolute Gasteiger partial charge is 0.505 e. The summed E-state index contributed by atoms with van der Waals surface area (Å²) in [6.07, 6.45) is 11.3. The van der Waals surface area contributed by atoms with Gasteiger partial charge in [0.05, 0.1) is 17.9 Å². The lowest BCUT2D eigenvalue weighted by molar-refractivity contribution is 0.111. The first-order chi connectivity index (χ1) is 8.74. The van der Waals surface area contributed by atoms with E-state index in [4.69, 9.17) is 11.5 Å². The molecule has 4 nitrogen and oxygen atoms in total. The van der Waals surface area contributed by atoms with Crippen LogP contribution in [0.4, 0.5) is 0 Å². The first-order valence-corrected chi connectivity index (χ1v) is 5.93. The summed E-state index contributed by atoms with van der Waals surface area (Å²) in [5.41, 5.74) is 0.972. The van der Waals surface area contributed by atoms with Gasteiger partial charge in [-0.25, -0.2) is 0 Å². The molecule has 0 aliphatic heterocycles. The summed E-state index contributed by atoms with van der Waals surface area (Å²) in [5, 5.41) is 18.9. The summed E-state index contributed by atoms with van der Waals surface area (Å²) in [6.45, 7) is -0.308. The van der Waals surface area contributed by atoms with Crippen LogP contribution in [0.15, 0.2) is 6.20 Å². The summed E-state index contributed by atoms with van der Waals surface area (Å²) < 4.78 is 0. The molecule has 18 heavy (non-hydrogen) atoms. The van der Waals surface area contributed by atoms with Gasteiger partial charge in [-0.1, -0.05) is 6.42 Å². The number of carbonyl (C=O) groups excluding carboxylic acids is 1. The Morgan fingerprint density at radius 3 is 2.78 bits per heavy atom. The summed E-state index contributed by atoms with van der Waals surface area (Å²) in [6, 6.07) is 0. The molecule has 1 heterocycles. The molecule has 0 unspecified atom stereocenters. The average Bonchev–Trinajstić information content (AvgIpc) is 2.39. The topological polar surface area (TPSA) is 70.4 Å². The maximum atomic E-state index is 10.9. The van der Waals surface area contributed by atoms with Crippen molar-refractivity contribution >= 4 is 6.29 Å². The second kappa shape index (κ2) is 7.46. The fraction of sp³-hybridized carbons (Fsp3) is 0.429. The molecule has 0 saturated heterocycles. The molecule has 1 rings (SSSR count). The monoisotopic (exact) mass is 247 g/mol. The Morgan fingerprint density at radius 1 is 1.39 bits per heavy atom. The van der Waals surface area contributed by atoms with Crippen molar-refractivity contribution in [2.75, 3.05) is 0 Å². The predicted molar refractivity (Wildman–Crippen MR) is 68.2 cm³/mol. The van der Waals surface area contributed by atoms with Gasteiger partial charge in [-0.15, -0.1) is 12.3 Å². The zero-order chi connectivity index (χ0) is 13.4. The van der Waals surface area contributed by atoms with Crippen LogP contribution in [-0.2, 0) is 13.0 Å². The van der Waals surface area contributed by atoms with Crippen LogP contribution >= 0.6 is 0 Å². The predicted octanol–water partition coefficient (Wildman–Crippen LogP) is 1.83. The third kappa shape index (κ3) is 3.57. The van der Waals surface area contributed by atoms with Gasteiger partial charge in [-0.3, -0.25) is 9.78 Å². The quantitative estimate of drug-likeness (QED) is 0.438. The van der Waals surface area contributed by atoms with E-state index >= 15 is 0 Å². The van der Waals surface area contributed by atoms with Crippen LogP contribution < -0.4 is 0 Å². The fourth-order valence-electron chi connectivity index (χ4n) is 1.73. The number of terminal acetylenes is 1. The van der Waals surface area contributed by atoms with E-state index in [0.717, 1.165) is 25.7 Å². The lowest BCUT2D eigenvalue weighted by Gasteiger charge is -2.08. The summed E-state index contributed by atoms with van der Waals surface area (Å²) in [4.78, 5) is 14.9. The Hall–Kier alpha value is -1.86. The molecular weight excluding hydrogens is 230 g/mol. The zero-order valence-electron chi connectivity index (χ0n) is 10.2. The van der Waals surface area contributed by atoms with Crippen molar-refractivity contribution in [3.63, 3.8) is 0 Å². The first kappa shape index (κ1) is 14.2. The van der Waals surface area contributed by atoms with Crippen molar-refractivity contribution in [2.24, 2.45) is 0 Å². The van der Waals surface area contributed by atoms with Gasteiger partial charge < -0.3 is 10.2 Å². The van der Waals surface area contributed by atoms with Gasteiger partial charge in [-0.05, 0) is 19.3 Å². The second-order valence-corrected chi connectivity index (χ2v) is 4.03. The standard InChI is InChI=1S/C14H17NO3/c1-2-3-4-5-6-7-13-14(18)12(10-17)11(9-16)8-15-13/h1,8,10,16,18H,3-7,9H2. The molecule has 0 aliphatic rings. The number of nitrogens with zero attached hydrogens (tertiary/aromatic N) is 1. The van der Waals surface area contributed by atoms with Crippen LogP contribution in [0.5, 0.6) is 5.75 Å². The van der Waals surface area contributed by atoms with Gasteiger partial charge in [0.25, 0.3) is 0 Å². The maximum Gasteiger partial charge on any atom is 0.154 e. The molecule has 1 aromatic heterocycles. The molecule has 0 aliphatic carbocycles. The number of hydrogen-bond acceptors (Lipinski definition) is 4. The minimum Gasteiger partial charge on any atom is -0.505 e. The molecule has 0 atom stereocenters. The van der Waals surface area contributed by atoms with E-state index in [-0.39, 0.29) is 17.9 Å². The zero-order valence-corrected chi connectivity index (χ0v) is 10.2. The van der Waals surface area contributed by atoms with Crippen molar-refractivity contribution in [2.45, 2.75) is 38.7 Å². The highest BCUT2D eigenvalue weighted by Gasteiger charge is 2.12. The Kier molecular flexibility index (Phi) is 5.89. The first-order valence-electron chi connectivity index (χ1n) is 5.93. The SMILES string of the molecule is C#CCCCCCc1ncc(CO)c(C=O)c1O. The molecule has 0 aromatic carbocycles. The maximum absolute atomic E-state index is 10.9.